The Morgan fingerprint density at radius 1 is 0.846 bits per heavy atom. The molecule has 0 bridgehead atoms. The molecule has 39 heavy (non-hydrogen) atoms. The molecule has 5 nitrogen and oxygen atoms in total. The Hall–Kier alpha value is -3.74. The first kappa shape index (κ1) is 26.9. The van der Waals surface area contributed by atoms with Gasteiger partial charge >= 0.3 is 0 Å². The zero-order chi connectivity index (χ0) is 27.7. The van der Waals surface area contributed by atoms with Gasteiger partial charge in [0.05, 0.1) is 17.2 Å². The molecule has 198 valence electrons. The van der Waals surface area contributed by atoms with Crippen LogP contribution >= 0.6 is 11.6 Å². The van der Waals surface area contributed by atoms with E-state index in [0.29, 0.717) is 17.4 Å². The summed E-state index contributed by atoms with van der Waals surface area (Å²) in [6.07, 6.45) is 0. The van der Waals surface area contributed by atoms with Crippen LogP contribution in [0, 0.1) is 27.7 Å². The van der Waals surface area contributed by atoms with Gasteiger partial charge in [0.2, 0.25) is 0 Å². The van der Waals surface area contributed by atoms with E-state index in [0.717, 1.165) is 44.7 Å². The number of hydrogen-bond donors (Lipinski definition) is 0. The number of nitrogens with zero attached hydrogens (tertiary/aromatic N) is 3. The fourth-order valence-electron chi connectivity index (χ4n) is 5.09. The molecule has 0 spiro atoms. The highest BCUT2D eigenvalue weighted by molar-refractivity contribution is 7.90. The van der Waals surface area contributed by atoms with Gasteiger partial charge < -0.3 is 0 Å². The van der Waals surface area contributed by atoms with Crippen molar-refractivity contribution in [1.82, 2.24) is 5.01 Å². The minimum atomic E-state index is -4.06. The number of rotatable bonds is 5. The van der Waals surface area contributed by atoms with Crippen LogP contribution in [-0.2, 0) is 10.0 Å². The molecule has 5 rings (SSSR count). The summed E-state index contributed by atoms with van der Waals surface area (Å²) >= 11 is 6.02. The van der Waals surface area contributed by atoms with Gasteiger partial charge in [-0.25, -0.2) is 5.01 Å². The fourth-order valence-corrected chi connectivity index (χ4v) is 6.22. The highest BCUT2D eigenvalue weighted by Gasteiger charge is 2.34. The second kappa shape index (κ2) is 10.8. The third-order valence-electron chi connectivity index (χ3n) is 6.93. The van der Waals surface area contributed by atoms with E-state index in [1.807, 2.05) is 51.1 Å². The third kappa shape index (κ3) is 5.68. The van der Waals surface area contributed by atoms with Gasteiger partial charge in [-0.1, -0.05) is 89.5 Å². The minimum Gasteiger partial charge on any atom is -0.245 e. The van der Waals surface area contributed by atoms with E-state index in [2.05, 4.69) is 47.7 Å². The molecule has 0 fully saturated rings. The molecule has 4 aromatic carbocycles. The average molecular weight is 556 g/mol. The molecule has 7 heteroatoms. The van der Waals surface area contributed by atoms with Crippen molar-refractivity contribution in [2.75, 3.05) is 6.54 Å². The summed E-state index contributed by atoms with van der Waals surface area (Å²) in [6, 6.07) is 28.6. The van der Waals surface area contributed by atoms with Crippen LogP contribution in [0.4, 0.5) is 0 Å². The van der Waals surface area contributed by atoms with Gasteiger partial charge in [0.1, 0.15) is 0 Å². The molecule has 0 amide bonds. The topological polar surface area (TPSA) is 62.1 Å². The molecule has 4 aromatic rings. The summed E-state index contributed by atoms with van der Waals surface area (Å²) in [5, 5.41) is 7.27. The first-order valence-electron chi connectivity index (χ1n) is 12.8. The van der Waals surface area contributed by atoms with Crippen LogP contribution in [-0.4, -0.2) is 31.5 Å². The standard InChI is InChI=1S/C32H30ClN3O2S/c1-21-10-12-26(13-11-21)31-29(25-8-6-5-7-9-25)20-36(34-31)32(30-23(3)18-22(2)19-24(30)4)35-39(37,38)28-16-14-27(33)15-17-28/h5-19,29H,20H2,1-4H3/b35-32+. The van der Waals surface area contributed by atoms with Crippen LogP contribution < -0.4 is 0 Å². The lowest BCUT2D eigenvalue weighted by Crippen LogP contribution is -2.29. The van der Waals surface area contributed by atoms with Crippen molar-refractivity contribution >= 4 is 33.2 Å². The molecule has 0 radical (unpaired) electrons. The average Bonchev–Trinajstić information content (AvgIpc) is 3.34. The maximum absolute atomic E-state index is 13.6. The summed E-state index contributed by atoms with van der Waals surface area (Å²) in [7, 11) is -4.06. The molecular formula is C32H30ClN3O2S. The van der Waals surface area contributed by atoms with Crippen molar-refractivity contribution in [2.24, 2.45) is 9.50 Å². The smallest absolute Gasteiger partial charge is 0.245 e. The number of hydrogen-bond acceptors (Lipinski definition) is 3. The second-order valence-corrected chi connectivity index (χ2v) is 12.1. The van der Waals surface area contributed by atoms with Crippen molar-refractivity contribution in [3.8, 4) is 0 Å². The monoisotopic (exact) mass is 555 g/mol. The highest BCUT2D eigenvalue weighted by atomic mass is 35.5. The third-order valence-corrected chi connectivity index (χ3v) is 8.46. The van der Waals surface area contributed by atoms with E-state index >= 15 is 0 Å². The molecule has 1 atom stereocenters. The van der Waals surface area contributed by atoms with Gasteiger partial charge in [0, 0.05) is 16.5 Å². The number of amidine groups is 1. The quantitative estimate of drug-likeness (QED) is 0.193. The lowest BCUT2D eigenvalue weighted by Gasteiger charge is -2.22. The second-order valence-electron chi connectivity index (χ2n) is 10.0. The molecule has 1 unspecified atom stereocenters. The highest BCUT2D eigenvalue weighted by Crippen LogP contribution is 2.32. The summed E-state index contributed by atoms with van der Waals surface area (Å²) in [6.45, 7) is 8.50. The molecule has 0 aromatic heterocycles. The Balaban J connectivity index is 1.70. The predicted octanol–water partition coefficient (Wildman–Crippen LogP) is 7.21. The number of aryl methyl sites for hydroxylation is 4. The van der Waals surface area contributed by atoms with E-state index in [-0.39, 0.29) is 10.8 Å². The van der Waals surface area contributed by atoms with Gasteiger partial charge in [0.15, 0.2) is 5.84 Å². The SMILES string of the molecule is Cc1ccc(C2=NN(/C(=N/S(=O)(=O)c3ccc(Cl)cc3)c3c(C)cc(C)cc3C)CC2c2ccccc2)cc1. The lowest BCUT2D eigenvalue weighted by atomic mass is 9.90. The minimum absolute atomic E-state index is 0.0663. The number of benzene rings is 4. The Morgan fingerprint density at radius 2 is 1.46 bits per heavy atom. The lowest BCUT2D eigenvalue weighted by molar-refractivity contribution is 0.475. The molecule has 0 saturated carbocycles. The van der Waals surface area contributed by atoms with Crippen LogP contribution in [0.5, 0.6) is 0 Å². The molecule has 1 heterocycles. The largest absolute Gasteiger partial charge is 0.284 e. The molecule has 0 N–H and O–H groups in total. The van der Waals surface area contributed by atoms with Gasteiger partial charge in [-0.15, -0.1) is 4.40 Å². The Kier molecular flexibility index (Phi) is 7.43. The van der Waals surface area contributed by atoms with E-state index in [1.54, 1.807) is 17.1 Å². The predicted molar refractivity (Wildman–Crippen MR) is 159 cm³/mol. The molecule has 1 aliphatic heterocycles. The van der Waals surface area contributed by atoms with Gasteiger partial charge in [-0.3, -0.25) is 0 Å². The van der Waals surface area contributed by atoms with Gasteiger partial charge in [-0.2, -0.15) is 13.5 Å². The Labute approximate surface area is 235 Å². The summed E-state index contributed by atoms with van der Waals surface area (Å²) < 4.78 is 31.7. The van der Waals surface area contributed by atoms with Crippen LogP contribution in [0.1, 0.15) is 44.9 Å². The van der Waals surface area contributed by atoms with Crippen molar-refractivity contribution in [2.45, 2.75) is 38.5 Å². The summed E-state index contributed by atoms with van der Waals surface area (Å²) in [4.78, 5) is 0.0772. The van der Waals surface area contributed by atoms with E-state index < -0.39 is 10.0 Å². The van der Waals surface area contributed by atoms with Crippen molar-refractivity contribution in [3.05, 3.63) is 135 Å². The molecule has 0 saturated heterocycles. The van der Waals surface area contributed by atoms with Crippen molar-refractivity contribution in [3.63, 3.8) is 0 Å². The summed E-state index contributed by atoms with van der Waals surface area (Å²) in [5.74, 6) is 0.242. The molecular weight excluding hydrogens is 526 g/mol. The van der Waals surface area contributed by atoms with Gasteiger partial charge in [0.25, 0.3) is 10.0 Å². The maximum Gasteiger partial charge on any atom is 0.284 e. The van der Waals surface area contributed by atoms with Crippen LogP contribution in [0.15, 0.2) is 105 Å². The van der Waals surface area contributed by atoms with E-state index in [9.17, 15) is 8.42 Å². The first-order chi connectivity index (χ1) is 18.6. The van der Waals surface area contributed by atoms with Gasteiger partial charge in [-0.05, 0) is 74.2 Å². The summed E-state index contributed by atoms with van der Waals surface area (Å²) in [5.41, 5.74) is 7.87. The normalized spacial score (nSPS) is 15.9. The van der Waals surface area contributed by atoms with Crippen molar-refractivity contribution < 1.29 is 8.42 Å². The Bertz CT molecular complexity index is 1660. The Morgan fingerprint density at radius 3 is 2.08 bits per heavy atom. The fraction of sp³-hybridized carbons (Fsp3) is 0.188. The molecule has 0 aliphatic carbocycles. The van der Waals surface area contributed by atoms with E-state index in [4.69, 9.17) is 16.7 Å². The first-order valence-corrected chi connectivity index (χ1v) is 14.6. The number of hydrazone groups is 1. The van der Waals surface area contributed by atoms with Crippen molar-refractivity contribution in [1.29, 1.82) is 0 Å². The number of sulfonamides is 1. The van der Waals surface area contributed by atoms with Crippen LogP contribution in [0.3, 0.4) is 0 Å². The maximum atomic E-state index is 13.6. The number of halogens is 1. The zero-order valence-electron chi connectivity index (χ0n) is 22.4. The van der Waals surface area contributed by atoms with Crippen LogP contribution in [0.2, 0.25) is 5.02 Å². The van der Waals surface area contributed by atoms with Crippen LogP contribution in [0.25, 0.3) is 0 Å². The van der Waals surface area contributed by atoms with E-state index in [1.165, 1.54) is 12.1 Å². The molecule has 1 aliphatic rings. The zero-order valence-corrected chi connectivity index (χ0v) is 24.0.